The molecular formula is C26H25FN4O2. The molecule has 0 radical (unpaired) electrons. The van der Waals surface area contributed by atoms with Crippen LogP contribution in [0.25, 0.3) is 10.8 Å². The third kappa shape index (κ3) is 4.62. The topological polar surface area (TPSA) is 90.0 Å². The molecule has 0 unspecified atom stereocenters. The highest BCUT2D eigenvalue weighted by Crippen LogP contribution is 2.28. The number of aromatic nitrogens is 2. The molecule has 0 bridgehead atoms. The molecule has 168 valence electrons. The summed E-state index contributed by atoms with van der Waals surface area (Å²) in [6.45, 7) is 4.63. The van der Waals surface area contributed by atoms with Crippen molar-refractivity contribution in [1.82, 2.24) is 14.9 Å². The number of hydrogen-bond donors (Lipinski definition) is 2. The van der Waals surface area contributed by atoms with Gasteiger partial charge in [-0.2, -0.15) is 0 Å². The van der Waals surface area contributed by atoms with Crippen molar-refractivity contribution >= 4 is 28.8 Å². The molecule has 4 rings (SSSR count). The lowest BCUT2D eigenvalue weighted by Gasteiger charge is -2.14. The first-order valence-electron chi connectivity index (χ1n) is 10.7. The second-order valence-electron chi connectivity index (χ2n) is 8.15. The van der Waals surface area contributed by atoms with Crippen molar-refractivity contribution in [2.24, 2.45) is 0 Å². The van der Waals surface area contributed by atoms with Gasteiger partial charge in [0.05, 0.1) is 5.56 Å². The average molecular weight is 445 g/mol. The standard InChI is InChI=1S/C26H25FN4O2/c1-16-11-21-20(7-9-29-25(21)28)17(2)22(16)12-30-26(33)23-14-31(15-24(23)27)13-19-5-3-18(4-6-19)8-10-32/h3-7,9-11,14-15H,8,12-13H2,1-2H3,(H2,28,29)(H,30,33). The summed E-state index contributed by atoms with van der Waals surface area (Å²) in [7, 11) is 0. The first-order chi connectivity index (χ1) is 15.9. The number of benzene rings is 2. The number of anilines is 1. The zero-order chi connectivity index (χ0) is 23.5. The van der Waals surface area contributed by atoms with Crippen LogP contribution in [0, 0.1) is 19.7 Å². The third-order valence-corrected chi connectivity index (χ3v) is 5.92. The Morgan fingerprint density at radius 2 is 1.85 bits per heavy atom. The molecule has 0 saturated carbocycles. The quantitative estimate of drug-likeness (QED) is 0.420. The van der Waals surface area contributed by atoms with Gasteiger partial charge in [0.25, 0.3) is 5.91 Å². The fourth-order valence-electron chi connectivity index (χ4n) is 4.09. The van der Waals surface area contributed by atoms with Crippen molar-refractivity contribution in [3.8, 4) is 0 Å². The summed E-state index contributed by atoms with van der Waals surface area (Å²) in [6, 6.07) is 11.4. The largest absolute Gasteiger partial charge is 0.383 e. The maximum atomic E-state index is 14.5. The number of hydrogen-bond acceptors (Lipinski definition) is 4. The van der Waals surface area contributed by atoms with Gasteiger partial charge in [0.15, 0.2) is 5.82 Å². The Bertz CT molecular complexity index is 1340. The van der Waals surface area contributed by atoms with Crippen molar-refractivity contribution in [2.45, 2.75) is 33.4 Å². The normalized spacial score (nSPS) is 11.0. The summed E-state index contributed by atoms with van der Waals surface area (Å²) >= 11 is 0. The number of fused-ring (bicyclic) bond motifs is 1. The predicted octanol–water partition coefficient (Wildman–Crippen LogP) is 4.09. The van der Waals surface area contributed by atoms with Crippen LogP contribution in [-0.4, -0.2) is 21.7 Å². The number of nitrogens with zero attached hydrogens (tertiary/aromatic N) is 2. The van der Waals surface area contributed by atoms with Crippen molar-refractivity contribution in [1.29, 1.82) is 0 Å². The molecule has 2 heterocycles. The highest BCUT2D eigenvalue weighted by Gasteiger charge is 2.16. The number of rotatable bonds is 7. The lowest BCUT2D eigenvalue weighted by Crippen LogP contribution is -2.24. The Labute approximate surface area is 191 Å². The van der Waals surface area contributed by atoms with Crippen LogP contribution in [0.5, 0.6) is 0 Å². The number of nitrogens with one attached hydrogen (secondary N) is 1. The summed E-state index contributed by atoms with van der Waals surface area (Å²) in [5.74, 6) is -0.576. The second-order valence-corrected chi connectivity index (χ2v) is 8.15. The van der Waals surface area contributed by atoms with Crippen LogP contribution in [0.15, 0.2) is 55.0 Å². The Balaban J connectivity index is 1.48. The van der Waals surface area contributed by atoms with E-state index in [1.54, 1.807) is 10.8 Å². The molecule has 0 aliphatic carbocycles. The van der Waals surface area contributed by atoms with E-state index in [1.165, 1.54) is 12.4 Å². The first kappa shape index (κ1) is 22.2. The minimum atomic E-state index is -0.573. The predicted molar refractivity (Wildman–Crippen MR) is 127 cm³/mol. The Morgan fingerprint density at radius 1 is 1.12 bits per heavy atom. The molecule has 33 heavy (non-hydrogen) atoms. The van der Waals surface area contributed by atoms with Gasteiger partial charge in [0, 0.05) is 43.5 Å². The van der Waals surface area contributed by atoms with Crippen LogP contribution in [-0.2, 0) is 24.3 Å². The number of halogens is 1. The maximum Gasteiger partial charge on any atom is 0.256 e. The lowest BCUT2D eigenvalue weighted by atomic mass is 9.96. The molecule has 4 aromatic rings. The van der Waals surface area contributed by atoms with Gasteiger partial charge >= 0.3 is 0 Å². The number of nitrogens with two attached hydrogens (primary N) is 1. The minimum absolute atomic E-state index is 0.00267. The van der Waals surface area contributed by atoms with Crippen LogP contribution in [0.3, 0.4) is 0 Å². The Hall–Kier alpha value is -4.00. The third-order valence-electron chi connectivity index (χ3n) is 5.92. The molecule has 0 spiro atoms. The average Bonchev–Trinajstić information content (AvgIpc) is 3.16. The van der Waals surface area contributed by atoms with Crippen LogP contribution >= 0.6 is 0 Å². The number of carbonyl (C=O) groups excluding carboxylic acids is 2. The van der Waals surface area contributed by atoms with E-state index in [0.717, 1.165) is 44.9 Å². The summed E-state index contributed by atoms with van der Waals surface area (Å²) in [6.07, 6.45) is 5.71. The zero-order valence-electron chi connectivity index (χ0n) is 18.6. The van der Waals surface area contributed by atoms with E-state index in [-0.39, 0.29) is 12.1 Å². The van der Waals surface area contributed by atoms with E-state index in [9.17, 15) is 14.0 Å². The zero-order valence-corrected chi connectivity index (χ0v) is 18.6. The van der Waals surface area contributed by atoms with Gasteiger partial charge in [-0.25, -0.2) is 9.37 Å². The van der Waals surface area contributed by atoms with E-state index in [0.29, 0.717) is 18.8 Å². The molecule has 0 aliphatic rings. The van der Waals surface area contributed by atoms with Gasteiger partial charge in [-0.1, -0.05) is 24.3 Å². The fraction of sp³-hybridized carbons (Fsp3) is 0.192. The molecule has 7 heteroatoms. The Morgan fingerprint density at radius 3 is 2.58 bits per heavy atom. The summed E-state index contributed by atoms with van der Waals surface area (Å²) in [5, 5.41) is 4.70. The van der Waals surface area contributed by atoms with Gasteiger partial charge in [0.2, 0.25) is 0 Å². The Kier molecular flexibility index (Phi) is 6.22. The van der Waals surface area contributed by atoms with Gasteiger partial charge in [0.1, 0.15) is 12.1 Å². The van der Waals surface area contributed by atoms with E-state index < -0.39 is 11.7 Å². The molecule has 0 saturated heterocycles. The van der Waals surface area contributed by atoms with Crippen molar-refractivity contribution in [3.05, 3.63) is 94.2 Å². The maximum absolute atomic E-state index is 14.5. The molecule has 2 aromatic carbocycles. The van der Waals surface area contributed by atoms with Crippen LogP contribution in [0.1, 0.15) is 38.2 Å². The molecule has 0 atom stereocenters. The van der Waals surface area contributed by atoms with E-state index >= 15 is 0 Å². The van der Waals surface area contributed by atoms with Crippen molar-refractivity contribution in [2.75, 3.05) is 5.73 Å². The number of aryl methyl sites for hydroxylation is 2. The summed E-state index contributed by atoms with van der Waals surface area (Å²) < 4.78 is 16.2. The molecule has 1 amide bonds. The smallest absolute Gasteiger partial charge is 0.256 e. The number of carbonyl (C=O) groups is 2. The van der Waals surface area contributed by atoms with Gasteiger partial charge in [-0.15, -0.1) is 0 Å². The van der Waals surface area contributed by atoms with E-state index in [4.69, 9.17) is 5.73 Å². The second kappa shape index (κ2) is 9.24. The van der Waals surface area contributed by atoms with Crippen LogP contribution < -0.4 is 11.1 Å². The highest BCUT2D eigenvalue weighted by molar-refractivity contribution is 5.96. The molecular weight excluding hydrogens is 419 g/mol. The lowest BCUT2D eigenvalue weighted by molar-refractivity contribution is -0.107. The van der Waals surface area contributed by atoms with Gasteiger partial charge in [-0.3, -0.25) is 4.79 Å². The molecule has 6 nitrogen and oxygen atoms in total. The van der Waals surface area contributed by atoms with Gasteiger partial charge in [-0.05, 0) is 59.2 Å². The number of aldehydes is 1. The molecule has 2 aromatic heterocycles. The van der Waals surface area contributed by atoms with Crippen molar-refractivity contribution < 1.29 is 14.0 Å². The van der Waals surface area contributed by atoms with Crippen LogP contribution in [0.4, 0.5) is 10.2 Å². The summed E-state index contributed by atoms with van der Waals surface area (Å²) in [4.78, 5) is 27.5. The number of pyridine rings is 1. The number of amides is 1. The minimum Gasteiger partial charge on any atom is -0.383 e. The summed E-state index contributed by atoms with van der Waals surface area (Å²) in [5.41, 5.74) is 10.8. The van der Waals surface area contributed by atoms with E-state index in [1.807, 2.05) is 50.2 Å². The van der Waals surface area contributed by atoms with Crippen LogP contribution in [0.2, 0.25) is 0 Å². The monoisotopic (exact) mass is 444 g/mol. The van der Waals surface area contributed by atoms with Crippen molar-refractivity contribution in [3.63, 3.8) is 0 Å². The molecule has 3 N–H and O–H groups in total. The first-order valence-corrected chi connectivity index (χ1v) is 10.7. The fourth-order valence-corrected chi connectivity index (χ4v) is 4.09. The van der Waals surface area contributed by atoms with Gasteiger partial charge < -0.3 is 20.4 Å². The SMILES string of the molecule is Cc1cc2c(N)nccc2c(C)c1CNC(=O)c1cn(Cc2ccc(CC=O)cc2)cc1F. The molecule has 0 aliphatic heterocycles. The van der Waals surface area contributed by atoms with E-state index in [2.05, 4.69) is 10.3 Å². The molecule has 0 fully saturated rings. The highest BCUT2D eigenvalue weighted by atomic mass is 19.1. The number of nitrogen functional groups attached to an aromatic ring is 1.